The summed E-state index contributed by atoms with van der Waals surface area (Å²) in [4.78, 5) is 12.4. The fourth-order valence-electron chi connectivity index (χ4n) is 10.2. The average Bonchev–Trinajstić information content (AvgIpc) is 4.00. The van der Waals surface area contributed by atoms with Crippen molar-refractivity contribution < 1.29 is 4.74 Å². The summed E-state index contributed by atoms with van der Waals surface area (Å²) in [5.74, 6) is 2.47. The molecule has 0 bridgehead atoms. The Kier molecular flexibility index (Phi) is 8.83. The molecule has 9 aromatic rings. The van der Waals surface area contributed by atoms with Crippen LogP contribution in [-0.4, -0.2) is 16.2 Å². The van der Waals surface area contributed by atoms with Gasteiger partial charge in [-0.2, -0.15) is 0 Å². The van der Waals surface area contributed by atoms with E-state index < -0.39 is 0 Å². The van der Waals surface area contributed by atoms with Crippen LogP contribution in [-0.2, 0) is 5.41 Å². The van der Waals surface area contributed by atoms with Gasteiger partial charge >= 0.3 is 0 Å². The molecule has 6 heteroatoms. The number of benzene rings is 7. The highest BCUT2D eigenvalue weighted by Gasteiger charge is 2.40. The largest absolute Gasteiger partial charge is 0.457 e. The molecule has 2 aliphatic heterocycles. The van der Waals surface area contributed by atoms with Gasteiger partial charge in [0.15, 0.2) is 0 Å². The van der Waals surface area contributed by atoms with Crippen LogP contribution in [0.15, 0.2) is 194 Å². The summed E-state index contributed by atoms with van der Waals surface area (Å²) in [6, 6.07) is 65.2. The van der Waals surface area contributed by atoms with Crippen LogP contribution in [0.4, 0.5) is 34.1 Å². The van der Waals surface area contributed by atoms with Crippen molar-refractivity contribution >= 4 is 51.1 Å². The third-order valence-electron chi connectivity index (χ3n) is 13.1. The molecule has 7 aromatic carbocycles. The van der Waals surface area contributed by atoms with Crippen LogP contribution in [0.2, 0.25) is 0 Å². The Morgan fingerprint density at radius 1 is 0.578 bits per heavy atom. The molecule has 310 valence electrons. The minimum absolute atomic E-state index is 0.0208. The first-order valence-electron chi connectivity index (χ1n) is 22.2. The predicted octanol–water partition coefficient (Wildman–Crippen LogP) is 15.3. The van der Waals surface area contributed by atoms with Gasteiger partial charge in [-0.05, 0) is 83.1 Å². The van der Waals surface area contributed by atoms with Crippen molar-refractivity contribution in [1.82, 2.24) is 9.55 Å². The number of nitrogens with zero attached hydrogens (tertiary/aromatic N) is 5. The van der Waals surface area contributed by atoms with Crippen LogP contribution in [0.3, 0.4) is 0 Å². The molecule has 4 heterocycles. The van der Waals surface area contributed by atoms with Gasteiger partial charge in [-0.15, -0.1) is 0 Å². The lowest BCUT2D eigenvalue weighted by Gasteiger charge is -2.31. The van der Waals surface area contributed by atoms with Crippen LogP contribution in [0, 0.1) is 0 Å². The highest BCUT2D eigenvalue weighted by Crippen LogP contribution is 2.56. The number of fused-ring (bicyclic) bond motifs is 1. The van der Waals surface area contributed by atoms with E-state index in [1.54, 1.807) is 0 Å². The van der Waals surface area contributed by atoms with Gasteiger partial charge in [0, 0.05) is 57.8 Å². The predicted molar refractivity (Wildman–Crippen MR) is 264 cm³/mol. The lowest BCUT2D eigenvalue weighted by molar-refractivity contribution is 0.483. The SMILES string of the molecule is CC(C)(C)c1ccnc(-n2c3c4c5c(cc(Oc6cccc(N7CN(c8c(-c9ccccc9)cccc8-c8ccccc8)c8ccccc87)c6)cc52)N(c2ccccc2)C4CC=C3)c1. The van der Waals surface area contributed by atoms with Crippen LogP contribution in [0.5, 0.6) is 11.5 Å². The van der Waals surface area contributed by atoms with Gasteiger partial charge in [0.2, 0.25) is 0 Å². The molecular weight excluding hydrogens is 783 g/mol. The topological polar surface area (TPSA) is 36.8 Å². The van der Waals surface area contributed by atoms with E-state index in [1.165, 1.54) is 55.8 Å². The number of hydrogen-bond acceptors (Lipinski definition) is 5. The standard InChI is InChI=1S/C58H47N5O/c1-58(2,3)41-32-33-59-54(34-41)63-51-31-17-30-50-55(51)56-52(62(50)42-22-11-6-12-23-42)36-45(37-53(56)63)64-44-25-15-24-43(35-44)60-38-61(49-29-14-13-28-48(49)60)57-46(39-18-7-4-8-19-39)26-16-27-47(57)40-20-9-5-10-21-40/h4-29,31-37,50H,30,38H2,1-3H3. The number of anilines is 6. The van der Waals surface area contributed by atoms with E-state index in [-0.39, 0.29) is 11.5 Å². The van der Waals surface area contributed by atoms with Gasteiger partial charge in [0.1, 0.15) is 24.0 Å². The summed E-state index contributed by atoms with van der Waals surface area (Å²) in [6.45, 7) is 7.40. The molecule has 64 heavy (non-hydrogen) atoms. The zero-order valence-electron chi connectivity index (χ0n) is 36.2. The molecule has 0 spiro atoms. The van der Waals surface area contributed by atoms with E-state index >= 15 is 0 Å². The highest BCUT2D eigenvalue weighted by atomic mass is 16.5. The van der Waals surface area contributed by atoms with Crippen LogP contribution in [0.1, 0.15) is 50.1 Å². The Balaban J connectivity index is 0.964. The Labute approximate surface area is 374 Å². The summed E-state index contributed by atoms with van der Waals surface area (Å²) < 4.78 is 9.39. The number of hydrogen-bond donors (Lipinski definition) is 0. The molecule has 0 fully saturated rings. The molecule has 0 amide bonds. The third kappa shape index (κ3) is 6.20. The van der Waals surface area contributed by atoms with Crippen molar-refractivity contribution in [1.29, 1.82) is 0 Å². The van der Waals surface area contributed by atoms with Crippen molar-refractivity contribution in [3.05, 3.63) is 211 Å². The summed E-state index contributed by atoms with van der Waals surface area (Å²) in [5.41, 5.74) is 16.5. The van der Waals surface area contributed by atoms with E-state index in [4.69, 9.17) is 9.72 Å². The summed E-state index contributed by atoms with van der Waals surface area (Å²) >= 11 is 0. The highest BCUT2D eigenvalue weighted by molar-refractivity contribution is 6.06. The van der Waals surface area contributed by atoms with E-state index in [9.17, 15) is 0 Å². The first-order chi connectivity index (χ1) is 31.4. The molecule has 12 rings (SSSR count). The number of ether oxygens (including phenoxy) is 1. The quantitative estimate of drug-likeness (QED) is 0.152. The Hall–Kier alpha value is -7.83. The Bertz CT molecular complexity index is 3200. The van der Waals surface area contributed by atoms with Gasteiger partial charge in [-0.25, -0.2) is 4.98 Å². The number of rotatable bonds is 8. The van der Waals surface area contributed by atoms with Crippen molar-refractivity contribution in [3.63, 3.8) is 0 Å². The molecule has 2 aromatic heterocycles. The zero-order valence-corrected chi connectivity index (χ0v) is 36.2. The zero-order chi connectivity index (χ0) is 42.9. The summed E-state index contributed by atoms with van der Waals surface area (Å²) in [5, 5.41) is 1.26. The molecule has 0 radical (unpaired) electrons. The summed E-state index contributed by atoms with van der Waals surface area (Å²) in [6.07, 6.45) is 7.48. The van der Waals surface area contributed by atoms with Crippen LogP contribution >= 0.6 is 0 Å². The second-order valence-corrected chi connectivity index (χ2v) is 18.0. The second kappa shape index (κ2) is 14.9. The lowest BCUT2D eigenvalue weighted by Crippen LogP contribution is -2.25. The maximum absolute atomic E-state index is 7.04. The van der Waals surface area contributed by atoms with Crippen LogP contribution in [0.25, 0.3) is 45.1 Å². The number of pyridine rings is 1. The fraction of sp³-hybridized carbons (Fsp3) is 0.121. The van der Waals surface area contributed by atoms with Gasteiger partial charge < -0.3 is 19.4 Å². The van der Waals surface area contributed by atoms with Gasteiger partial charge in [0.25, 0.3) is 0 Å². The van der Waals surface area contributed by atoms with Crippen molar-refractivity contribution in [2.45, 2.75) is 38.6 Å². The molecule has 6 nitrogen and oxygen atoms in total. The first kappa shape index (κ1) is 37.9. The van der Waals surface area contributed by atoms with Crippen molar-refractivity contribution in [2.24, 2.45) is 0 Å². The van der Waals surface area contributed by atoms with E-state index in [2.05, 4.69) is 234 Å². The minimum atomic E-state index is -0.0208. The van der Waals surface area contributed by atoms with Crippen LogP contribution < -0.4 is 19.4 Å². The normalized spacial score (nSPS) is 15.0. The van der Waals surface area contributed by atoms with E-state index in [0.717, 1.165) is 52.0 Å². The number of aromatic nitrogens is 2. The first-order valence-corrected chi connectivity index (χ1v) is 22.2. The molecular formula is C58H47N5O. The van der Waals surface area contributed by atoms with Crippen molar-refractivity contribution in [3.8, 4) is 39.6 Å². The smallest absolute Gasteiger partial charge is 0.137 e. The maximum Gasteiger partial charge on any atom is 0.137 e. The van der Waals surface area contributed by atoms with Gasteiger partial charge in [0.05, 0.1) is 40.0 Å². The van der Waals surface area contributed by atoms with E-state index in [1.807, 2.05) is 6.20 Å². The molecule has 0 N–H and O–H groups in total. The average molecular weight is 830 g/mol. The Morgan fingerprint density at radius 3 is 1.92 bits per heavy atom. The van der Waals surface area contributed by atoms with E-state index in [0.29, 0.717) is 6.67 Å². The summed E-state index contributed by atoms with van der Waals surface area (Å²) in [7, 11) is 0. The monoisotopic (exact) mass is 829 g/mol. The Morgan fingerprint density at radius 2 is 1.22 bits per heavy atom. The third-order valence-corrected chi connectivity index (χ3v) is 13.1. The van der Waals surface area contributed by atoms with Gasteiger partial charge in [-0.1, -0.05) is 142 Å². The van der Waals surface area contributed by atoms with Crippen molar-refractivity contribution in [2.75, 3.05) is 21.4 Å². The maximum atomic E-state index is 7.04. The molecule has 1 aliphatic carbocycles. The molecule has 1 unspecified atom stereocenters. The number of para-hydroxylation sites is 4. The molecule has 1 atom stereocenters. The molecule has 0 saturated heterocycles. The molecule has 0 saturated carbocycles. The molecule has 3 aliphatic rings. The fourth-order valence-corrected chi connectivity index (χ4v) is 10.2. The second-order valence-electron chi connectivity index (χ2n) is 18.0. The lowest BCUT2D eigenvalue weighted by atomic mass is 9.88. The van der Waals surface area contributed by atoms with Gasteiger partial charge in [-0.3, -0.25) is 4.57 Å². The minimum Gasteiger partial charge on any atom is -0.457 e.